The van der Waals surface area contributed by atoms with Crippen LogP contribution in [0.4, 0.5) is 0 Å². The van der Waals surface area contributed by atoms with Crippen molar-refractivity contribution in [2.24, 2.45) is 0 Å². The zero-order valence-corrected chi connectivity index (χ0v) is 12.3. The van der Waals surface area contributed by atoms with Crippen molar-refractivity contribution in [2.75, 3.05) is 7.11 Å². The van der Waals surface area contributed by atoms with Crippen LogP contribution in [0.2, 0.25) is 10.0 Å². The molecule has 0 saturated carbocycles. The largest absolute Gasteiger partial charge is 0.497 e. The third kappa shape index (κ3) is 2.19. The van der Waals surface area contributed by atoms with Crippen LogP contribution < -0.4 is 4.74 Å². The Morgan fingerprint density at radius 3 is 2.60 bits per heavy atom. The molecule has 2 aromatic carbocycles. The van der Waals surface area contributed by atoms with Crippen molar-refractivity contribution in [1.29, 1.82) is 0 Å². The maximum absolute atomic E-state index is 12.2. The van der Waals surface area contributed by atoms with E-state index >= 15 is 0 Å². The molecule has 4 heteroatoms. The molecule has 1 aliphatic rings. The van der Waals surface area contributed by atoms with Crippen LogP contribution in [0.1, 0.15) is 33.8 Å². The zero-order chi connectivity index (χ0) is 14.3. The molecule has 0 aromatic heterocycles. The Hall–Kier alpha value is -1.51. The minimum Gasteiger partial charge on any atom is -0.497 e. The molecule has 1 aliphatic carbocycles. The van der Waals surface area contributed by atoms with Crippen molar-refractivity contribution in [3.05, 3.63) is 63.1 Å². The summed E-state index contributed by atoms with van der Waals surface area (Å²) in [5.41, 5.74) is 2.77. The number of fused-ring (bicyclic) bond motifs is 1. The molecule has 3 rings (SSSR count). The van der Waals surface area contributed by atoms with E-state index < -0.39 is 0 Å². The SMILES string of the molecule is COc1ccc2c(c1)C(=O)C[C@@H]2c1ccc(Cl)c(Cl)c1. The third-order valence-electron chi connectivity index (χ3n) is 3.67. The highest BCUT2D eigenvalue weighted by Crippen LogP contribution is 2.40. The molecule has 2 aromatic rings. The van der Waals surface area contributed by atoms with Crippen LogP contribution in [0, 0.1) is 0 Å². The van der Waals surface area contributed by atoms with E-state index in [9.17, 15) is 4.79 Å². The predicted octanol–water partition coefficient (Wildman–Crippen LogP) is 4.72. The Bertz CT molecular complexity index is 695. The van der Waals surface area contributed by atoms with Crippen LogP contribution in [0.3, 0.4) is 0 Å². The van der Waals surface area contributed by atoms with E-state index in [1.807, 2.05) is 24.3 Å². The van der Waals surface area contributed by atoms with E-state index in [1.165, 1.54) is 0 Å². The van der Waals surface area contributed by atoms with E-state index in [1.54, 1.807) is 19.2 Å². The van der Waals surface area contributed by atoms with Gasteiger partial charge in [0.1, 0.15) is 5.75 Å². The highest BCUT2D eigenvalue weighted by atomic mass is 35.5. The lowest BCUT2D eigenvalue weighted by molar-refractivity contribution is 0.0991. The normalized spacial score (nSPS) is 17.1. The Kier molecular flexibility index (Phi) is 3.45. The molecule has 0 saturated heterocycles. The molecule has 0 heterocycles. The first kappa shape index (κ1) is 13.5. The van der Waals surface area contributed by atoms with Crippen molar-refractivity contribution in [2.45, 2.75) is 12.3 Å². The first-order valence-corrected chi connectivity index (χ1v) is 7.02. The Morgan fingerprint density at radius 1 is 1.10 bits per heavy atom. The first-order valence-electron chi connectivity index (χ1n) is 6.26. The fourth-order valence-electron chi connectivity index (χ4n) is 2.64. The van der Waals surface area contributed by atoms with E-state index in [4.69, 9.17) is 27.9 Å². The minimum absolute atomic E-state index is 0.0400. The molecular weight excluding hydrogens is 295 g/mol. The molecule has 20 heavy (non-hydrogen) atoms. The maximum Gasteiger partial charge on any atom is 0.164 e. The highest BCUT2D eigenvalue weighted by molar-refractivity contribution is 6.42. The number of ether oxygens (including phenoxy) is 1. The van der Waals surface area contributed by atoms with Gasteiger partial charge in [0.25, 0.3) is 0 Å². The summed E-state index contributed by atoms with van der Waals surface area (Å²) in [4.78, 5) is 12.2. The van der Waals surface area contributed by atoms with Crippen molar-refractivity contribution in [3.8, 4) is 5.75 Å². The van der Waals surface area contributed by atoms with E-state index in [0.29, 0.717) is 22.2 Å². The van der Waals surface area contributed by atoms with Crippen molar-refractivity contribution < 1.29 is 9.53 Å². The van der Waals surface area contributed by atoms with Crippen molar-refractivity contribution in [3.63, 3.8) is 0 Å². The molecule has 0 bridgehead atoms. The van der Waals surface area contributed by atoms with Gasteiger partial charge in [0.05, 0.1) is 17.2 Å². The van der Waals surface area contributed by atoms with Gasteiger partial charge in [-0.05, 0) is 35.4 Å². The molecule has 0 N–H and O–H groups in total. The topological polar surface area (TPSA) is 26.3 Å². The molecule has 0 radical (unpaired) electrons. The lowest BCUT2D eigenvalue weighted by Gasteiger charge is -2.12. The molecule has 0 fully saturated rings. The van der Waals surface area contributed by atoms with Crippen LogP contribution in [0.15, 0.2) is 36.4 Å². The zero-order valence-electron chi connectivity index (χ0n) is 10.8. The fraction of sp³-hybridized carbons (Fsp3) is 0.188. The lowest BCUT2D eigenvalue weighted by atomic mass is 9.93. The third-order valence-corrected chi connectivity index (χ3v) is 4.41. The monoisotopic (exact) mass is 306 g/mol. The number of carbonyl (C=O) groups excluding carboxylic acids is 1. The van der Waals surface area contributed by atoms with E-state index in [2.05, 4.69) is 0 Å². The van der Waals surface area contributed by atoms with Gasteiger partial charge < -0.3 is 4.74 Å². The molecule has 0 aliphatic heterocycles. The quantitative estimate of drug-likeness (QED) is 0.802. The molecule has 0 amide bonds. The number of rotatable bonds is 2. The molecular formula is C16H12Cl2O2. The molecule has 0 spiro atoms. The van der Waals surface area contributed by atoms with Gasteiger partial charge in [-0.15, -0.1) is 0 Å². The van der Waals surface area contributed by atoms with Gasteiger partial charge in [-0.2, -0.15) is 0 Å². The summed E-state index contributed by atoms with van der Waals surface area (Å²) in [5.74, 6) is 0.875. The number of hydrogen-bond donors (Lipinski definition) is 0. The smallest absolute Gasteiger partial charge is 0.164 e. The summed E-state index contributed by atoms with van der Waals surface area (Å²) in [6.07, 6.45) is 0.459. The van der Waals surface area contributed by atoms with Gasteiger partial charge in [0.2, 0.25) is 0 Å². The number of hydrogen-bond acceptors (Lipinski definition) is 2. The summed E-state index contributed by atoms with van der Waals surface area (Å²) in [6, 6.07) is 11.2. The number of Topliss-reactive ketones (excluding diaryl/α,β-unsaturated/α-hetero) is 1. The van der Waals surface area contributed by atoms with Gasteiger partial charge in [-0.1, -0.05) is 35.3 Å². The summed E-state index contributed by atoms with van der Waals surface area (Å²) >= 11 is 12.0. The first-order chi connectivity index (χ1) is 9.60. The Balaban J connectivity index is 2.06. The van der Waals surface area contributed by atoms with Gasteiger partial charge in [0, 0.05) is 17.9 Å². The second kappa shape index (κ2) is 5.12. The van der Waals surface area contributed by atoms with Crippen molar-refractivity contribution >= 4 is 29.0 Å². The van der Waals surface area contributed by atoms with Crippen LogP contribution in [0.25, 0.3) is 0 Å². The molecule has 102 valence electrons. The predicted molar refractivity (Wildman–Crippen MR) is 80.2 cm³/mol. The van der Waals surface area contributed by atoms with E-state index in [-0.39, 0.29) is 11.7 Å². The average Bonchev–Trinajstić information content (AvgIpc) is 2.79. The number of halogens is 2. The van der Waals surface area contributed by atoms with Gasteiger partial charge in [0.15, 0.2) is 5.78 Å². The Morgan fingerprint density at radius 2 is 1.90 bits per heavy atom. The summed E-state index contributed by atoms with van der Waals surface area (Å²) in [6.45, 7) is 0. The number of ketones is 1. The summed E-state index contributed by atoms with van der Waals surface area (Å²) in [5, 5.41) is 1.04. The number of methoxy groups -OCH3 is 1. The van der Waals surface area contributed by atoms with Gasteiger partial charge >= 0.3 is 0 Å². The van der Waals surface area contributed by atoms with Crippen LogP contribution >= 0.6 is 23.2 Å². The highest BCUT2D eigenvalue weighted by Gasteiger charge is 2.31. The second-order valence-electron chi connectivity index (χ2n) is 4.81. The average molecular weight is 307 g/mol. The minimum atomic E-state index is 0.0400. The van der Waals surface area contributed by atoms with Gasteiger partial charge in [-0.3, -0.25) is 4.79 Å². The summed E-state index contributed by atoms with van der Waals surface area (Å²) < 4.78 is 5.17. The standard InChI is InChI=1S/C16H12Cl2O2/c1-20-10-3-4-11-12(8-16(19)13(11)7-10)9-2-5-14(17)15(18)6-9/h2-7,12H,8H2,1H3/t12-/m1/s1. The van der Waals surface area contributed by atoms with E-state index in [0.717, 1.165) is 16.7 Å². The van der Waals surface area contributed by atoms with Gasteiger partial charge in [-0.25, -0.2) is 0 Å². The second-order valence-corrected chi connectivity index (χ2v) is 5.62. The van der Waals surface area contributed by atoms with Crippen LogP contribution in [-0.4, -0.2) is 12.9 Å². The molecule has 0 unspecified atom stereocenters. The van der Waals surface area contributed by atoms with Crippen LogP contribution in [0.5, 0.6) is 5.75 Å². The van der Waals surface area contributed by atoms with Crippen molar-refractivity contribution in [1.82, 2.24) is 0 Å². The number of benzene rings is 2. The molecule has 2 nitrogen and oxygen atoms in total. The summed E-state index contributed by atoms with van der Waals surface area (Å²) in [7, 11) is 1.59. The Labute approximate surface area is 127 Å². The lowest BCUT2D eigenvalue weighted by Crippen LogP contribution is -1.96. The number of carbonyl (C=O) groups is 1. The van der Waals surface area contributed by atoms with Crippen LogP contribution in [-0.2, 0) is 0 Å². The molecule has 1 atom stereocenters. The fourth-order valence-corrected chi connectivity index (χ4v) is 2.95. The maximum atomic E-state index is 12.2.